The lowest BCUT2D eigenvalue weighted by atomic mass is 10.1. The lowest BCUT2D eigenvalue weighted by molar-refractivity contribution is 0.308. The van der Waals surface area contributed by atoms with Gasteiger partial charge in [-0.1, -0.05) is 40.0 Å². The highest BCUT2D eigenvalue weighted by molar-refractivity contribution is 7.86. The summed E-state index contributed by atoms with van der Waals surface area (Å²) in [4.78, 5) is 0. The van der Waals surface area contributed by atoms with Crippen LogP contribution in [0.15, 0.2) is 0 Å². The molecule has 0 aromatic heterocycles. The minimum atomic E-state index is -3.24. The number of hydrogen-bond donors (Lipinski definition) is 0. The molecular weight excluding hydrogens is 240 g/mol. The van der Waals surface area contributed by atoms with E-state index in [1.165, 1.54) is 19.3 Å². The van der Waals surface area contributed by atoms with E-state index >= 15 is 0 Å². The summed E-state index contributed by atoms with van der Waals surface area (Å²) in [6.07, 6.45) is 5.93. The van der Waals surface area contributed by atoms with E-state index in [9.17, 15) is 8.42 Å². The van der Waals surface area contributed by atoms with Crippen molar-refractivity contribution in [3.63, 3.8) is 0 Å². The maximum Gasteiger partial charge on any atom is 0.264 e. The van der Waals surface area contributed by atoms with Crippen molar-refractivity contribution < 1.29 is 12.6 Å². The SMILES string of the molecule is CCCCC(C)(C)[SiH2]C1CC1OS(C)(=O)=O. The number of unbranched alkanes of at least 4 members (excludes halogenated alkanes) is 1. The van der Waals surface area contributed by atoms with Crippen LogP contribution in [0.2, 0.25) is 10.6 Å². The van der Waals surface area contributed by atoms with Crippen molar-refractivity contribution in [1.82, 2.24) is 0 Å². The molecule has 1 fully saturated rings. The average Bonchev–Trinajstić information content (AvgIpc) is 2.75. The van der Waals surface area contributed by atoms with Gasteiger partial charge < -0.3 is 0 Å². The summed E-state index contributed by atoms with van der Waals surface area (Å²) >= 11 is 0. The third kappa shape index (κ3) is 5.45. The van der Waals surface area contributed by atoms with Crippen molar-refractivity contribution in [2.45, 2.75) is 63.1 Å². The third-order valence-electron chi connectivity index (χ3n) is 3.18. The van der Waals surface area contributed by atoms with Crippen LogP contribution < -0.4 is 0 Å². The average molecular weight is 264 g/mol. The molecule has 2 unspecified atom stereocenters. The van der Waals surface area contributed by atoms with Crippen molar-refractivity contribution in [2.24, 2.45) is 0 Å². The molecule has 0 saturated heterocycles. The standard InChI is InChI=1S/C11H24O3SSi/c1-5-6-7-11(2,3)16-10-8-9(10)14-15(4,12)13/h9-10H,5-8,16H2,1-4H3. The Balaban J connectivity index is 2.30. The molecule has 16 heavy (non-hydrogen) atoms. The molecule has 5 heteroatoms. The molecule has 0 aromatic carbocycles. The van der Waals surface area contributed by atoms with Gasteiger partial charge in [-0.2, -0.15) is 8.42 Å². The molecule has 1 aliphatic rings. The maximum absolute atomic E-state index is 11.0. The Bertz CT molecular complexity index is 324. The van der Waals surface area contributed by atoms with E-state index in [0.717, 1.165) is 12.7 Å². The van der Waals surface area contributed by atoms with Gasteiger partial charge >= 0.3 is 0 Å². The van der Waals surface area contributed by atoms with Crippen LogP contribution in [0, 0.1) is 0 Å². The normalized spacial score (nSPS) is 26.5. The Kier molecular flexibility index (Phi) is 4.60. The van der Waals surface area contributed by atoms with E-state index < -0.39 is 10.1 Å². The highest BCUT2D eigenvalue weighted by atomic mass is 32.2. The molecule has 0 aliphatic heterocycles. The summed E-state index contributed by atoms with van der Waals surface area (Å²) in [5, 5.41) is 0.455. The van der Waals surface area contributed by atoms with Crippen molar-refractivity contribution >= 4 is 19.6 Å². The number of hydrogen-bond acceptors (Lipinski definition) is 3. The molecule has 0 heterocycles. The molecule has 1 rings (SSSR count). The molecule has 3 nitrogen and oxygen atoms in total. The van der Waals surface area contributed by atoms with Crippen molar-refractivity contribution in [1.29, 1.82) is 0 Å². The van der Waals surface area contributed by atoms with Gasteiger partial charge in [-0.05, 0) is 17.0 Å². The van der Waals surface area contributed by atoms with Crippen LogP contribution in [-0.2, 0) is 14.3 Å². The highest BCUT2D eigenvalue weighted by Gasteiger charge is 2.43. The lowest BCUT2D eigenvalue weighted by Crippen LogP contribution is -2.15. The fourth-order valence-electron chi connectivity index (χ4n) is 2.24. The van der Waals surface area contributed by atoms with Crippen LogP contribution in [0.4, 0.5) is 0 Å². The van der Waals surface area contributed by atoms with Gasteiger partial charge in [0.25, 0.3) is 10.1 Å². The zero-order chi connectivity index (χ0) is 12.4. The van der Waals surface area contributed by atoms with Gasteiger partial charge in [-0.25, -0.2) is 0 Å². The first-order valence-electron chi connectivity index (χ1n) is 6.12. The molecule has 0 aromatic rings. The Hall–Kier alpha value is 0.127. The molecule has 96 valence electrons. The lowest BCUT2D eigenvalue weighted by Gasteiger charge is -2.23. The number of rotatable bonds is 7. The second kappa shape index (κ2) is 5.19. The Morgan fingerprint density at radius 3 is 2.56 bits per heavy atom. The largest absolute Gasteiger partial charge is 0.267 e. The summed E-state index contributed by atoms with van der Waals surface area (Å²) in [6.45, 7) is 6.86. The zero-order valence-electron chi connectivity index (χ0n) is 10.8. The maximum atomic E-state index is 11.0. The van der Waals surface area contributed by atoms with Crippen LogP contribution >= 0.6 is 0 Å². The van der Waals surface area contributed by atoms with Gasteiger partial charge in [0.05, 0.1) is 12.4 Å². The molecule has 1 saturated carbocycles. The topological polar surface area (TPSA) is 43.4 Å². The highest BCUT2D eigenvalue weighted by Crippen LogP contribution is 2.47. The molecule has 0 bridgehead atoms. The third-order valence-corrected chi connectivity index (χ3v) is 6.62. The van der Waals surface area contributed by atoms with E-state index in [4.69, 9.17) is 4.18 Å². The predicted molar refractivity (Wildman–Crippen MR) is 70.2 cm³/mol. The summed E-state index contributed by atoms with van der Waals surface area (Å²) in [7, 11) is -3.49. The van der Waals surface area contributed by atoms with E-state index in [0.29, 0.717) is 10.6 Å². The first-order valence-corrected chi connectivity index (χ1v) is 9.46. The molecule has 0 spiro atoms. The minimum Gasteiger partial charge on any atom is -0.267 e. The molecular formula is C11H24O3SSi. The van der Waals surface area contributed by atoms with Gasteiger partial charge in [-0.15, -0.1) is 0 Å². The van der Waals surface area contributed by atoms with Crippen LogP contribution in [0.3, 0.4) is 0 Å². The minimum absolute atomic E-state index is 0.0163. The van der Waals surface area contributed by atoms with E-state index in [-0.39, 0.29) is 15.6 Å². The summed E-state index contributed by atoms with van der Waals surface area (Å²) in [5.41, 5.74) is 0.585. The fourth-order valence-corrected chi connectivity index (χ4v) is 5.80. The quantitative estimate of drug-likeness (QED) is 0.522. The summed E-state index contributed by atoms with van der Waals surface area (Å²) < 4.78 is 26.9. The van der Waals surface area contributed by atoms with Crippen LogP contribution in [0.1, 0.15) is 46.5 Å². The molecule has 0 N–H and O–H groups in total. The zero-order valence-corrected chi connectivity index (χ0v) is 13.1. The molecule has 1 aliphatic carbocycles. The van der Waals surface area contributed by atoms with Crippen LogP contribution in [-0.4, -0.2) is 30.3 Å². The molecule has 0 amide bonds. The predicted octanol–water partition coefficient (Wildman–Crippen LogP) is 2.08. The van der Waals surface area contributed by atoms with Gasteiger partial charge in [0.1, 0.15) is 0 Å². The Morgan fingerprint density at radius 2 is 2.06 bits per heavy atom. The van der Waals surface area contributed by atoms with Crippen molar-refractivity contribution in [3.05, 3.63) is 0 Å². The first-order chi connectivity index (χ1) is 7.23. The fraction of sp³-hybridized carbons (Fsp3) is 1.00. The summed E-state index contributed by atoms with van der Waals surface area (Å²) in [6, 6.07) is 0. The van der Waals surface area contributed by atoms with Gasteiger partial charge in [-0.3, -0.25) is 4.18 Å². The van der Waals surface area contributed by atoms with E-state index in [1.807, 2.05) is 0 Å². The van der Waals surface area contributed by atoms with Crippen molar-refractivity contribution in [3.8, 4) is 0 Å². The first kappa shape index (κ1) is 14.2. The summed E-state index contributed by atoms with van der Waals surface area (Å²) in [5.74, 6) is 0. The van der Waals surface area contributed by atoms with E-state index in [2.05, 4.69) is 20.8 Å². The van der Waals surface area contributed by atoms with Gasteiger partial charge in [0.15, 0.2) is 0 Å². The second-order valence-electron chi connectivity index (χ2n) is 5.81. The van der Waals surface area contributed by atoms with Crippen molar-refractivity contribution in [2.75, 3.05) is 6.26 Å². The molecule has 2 atom stereocenters. The van der Waals surface area contributed by atoms with Crippen LogP contribution in [0.25, 0.3) is 0 Å². The van der Waals surface area contributed by atoms with Gasteiger partial charge in [0, 0.05) is 9.52 Å². The van der Waals surface area contributed by atoms with Crippen LogP contribution in [0.5, 0.6) is 0 Å². The van der Waals surface area contributed by atoms with Gasteiger partial charge in [0.2, 0.25) is 0 Å². The Labute approximate surface area is 102 Å². The molecule has 0 radical (unpaired) electrons. The van der Waals surface area contributed by atoms with E-state index in [1.54, 1.807) is 0 Å². The smallest absolute Gasteiger partial charge is 0.264 e. The second-order valence-corrected chi connectivity index (χ2v) is 10.8. The Morgan fingerprint density at radius 1 is 1.44 bits per heavy atom. The monoisotopic (exact) mass is 264 g/mol.